The topological polar surface area (TPSA) is 80.9 Å². The van der Waals surface area contributed by atoms with Gasteiger partial charge in [0.25, 0.3) is 0 Å². The Balaban J connectivity index is 1.66. The van der Waals surface area contributed by atoms with Crippen LogP contribution in [0.3, 0.4) is 0 Å². The molecule has 5 aromatic carbocycles. The molecule has 0 aromatic heterocycles. The van der Waals surface area contributed by atoms with E-state index in [1.165, 1.54) is 48.5 Å². The molecule has 4 nitrogen and oxygen atoms in total. The molecule has 0 atom stereocenters. The smallest absolute Gasteiger partial charge is 0.131 e. The molecule has 0 radical (unpaired) electrons. The van der Waals surface area contributed by atoms with Crippen molar-refractivity contribution in [2.24, 2.45) is 0 Å². The Morgan fingerprint density at radius 2 is 0.812 bits per heavy atom. The van der Waals surface area contributed by atoms with Gasteiger partial charge in [-0.1, -0.05) is 12.1 Å². The maximum absolute atomic E-state index is 15.1. The van der Waals surface area contributed by atoms with Crippen LogP contribution in [0.1, 0.15) is 0 Å². The fourth-order valence-electron chi connectivity index (χ4n) is 3.94. The number of hydrogen-bond donors (Lipinski definition) is 4. The summed E-state index contributed by atoms with van der Waals surface area (Å²) in [7, 11) is 0. The predicted molar refractivity (Wildman–Crippen MR) is 119 cm³/mol. The molecule has 0 heterocycles. The Labute approximate surface area is 180 Å². The number of rotatable bonds is 2. The van der Waals surface area contributed by atoms with Crippen LogP contribution in [0.2, 0.25) is 0 Å². The van der Waals surface area contributed by atoms with Crippen LogP contribution in [0, 0.1) is 11.6 Å². The Hall–Kier alpha value is -4.32. The molecule has 0 aliphatic carbocycles. The van der Waals surface area contributed by atoms with E-state index in [0.29, 0.717) is 21.5 Å². The predicted octanol–water partition coefficient (Wildman–Crippen LogP) is 6.43. The second kappa shape index (κ2) is 7.13. The van der Waals surface area contributed by atoms with Crippen LogP contribution in [0.5, 0.6) is 23.0 Å². The van der Waals surface area contributed by atoms with E-state index in [4.69, 9.17) is 0 Å². The van der Waals surface area contributed by atoms with Crippen molar-refractivity contribution in [1.29, 1.82) is 0 Å². The number of fused-ring (bicyclic) bond motifs is 2. The van der Waals surface area contributed by atoms with Gasteiger partial charge in [0, 0.05) is 22.3 Å². The van der Waals surface area contributed by atoms with Crippen molar-refractivity contribution < 1.29 is 29.2 Å². The summed E-state index contributed by atoms with van der Waals surface area (Å²) in [5, 5.41) is 42.4. The molecule has 0 aliphatic rings. The second-order valence-electron chi connectivity index (χ2n) is 7.61. The summed E-state index contributed by atoms with van der Waals surface area (Å²) in [6, 6.07) is 16.8. The van der Waals surface area contributed by atoms with Crippen molar-refractivity contribution in [3.8, 4) is 45.3 Å². The van der Waals surface area contributed by atoms with E-state index in [0.717, 1.165) is 12.1 Å². The van der Waals surface area contributed by atoms with Gasteiger partial charge in [-0.05, 0) is 82.2 Å². The Morgan fingerprint density at radius 1 is 0.406 bits per heavy atom. The van der Waals surface area contributed by atoms with Crippen molar-refractivity contribution in [2.45, 2.75) is 0 Å². The van der Waals surface area contributed by atoms with Gasteiger partial charge in [-0.2, -0.15) is 0 Å². The molecule has 0 saturated carbocycles. The molecule has 0 unspecified atom stereocenters. The molecule has 0 amide bonds. The number of hydrogen-bond acceptors (Lipinski definition) is 4. The first kappa shape index (κ1) is 19.6. The van der Waals surface area contributed by atoms with E-state index in [1.54, 1.807) is 12.1 Å². The molecule has 0 saturated heterocycles. The summed E-state index contributed by atoms with van der Waals surface area (Å²) < 4.78 is 30.2. The lowest BCUT2D eigenvalue weighted by molar-refractivity contribution is 0.474. The summed E-state index contributed by atoms with van der Waals surface area (Å²) in [6.45, 7) is 0. The first-order valence-corrected chi connectivity index (χ1v) is 9.71. The van der Waals surface area contributed by atoms with Gasteiger partial charge >= 0.3 is 0 Å². The molecule has 5 aromatic rings. The number of halogens is 2. The molecular weight excluding hydrogens is 414 g/mol. The van der Waals surface area contributed by atoms with Crippen LogP contribution in [-0.4, -0.2) is 20.4 Å². The summed E-state index contributed by atoms with van der Waals surface area (Å²) in [4.78, 5) is 0. The molecule has 5 rings (SSSR count). The Kier molecular flexibility index (Phi) is 4.37. The van der Waals surface area contributed by atoms with E-state index >= 15 is 8.78 Å². The second-order valence-corrected chi connectivity index (χ2v) is 7.61. The van der Waals surface area contributed by atoms with Crippen molar-refractivity contribution in [3.05, 3.63) is 84.4 Å². The Bertz CT molecular complexity index is 1430. The lowest BCUT2D eigenvalue weighted by Gasteiger charge is -2.13. The maximum Gasteiger partial charge on any atom is 0.131 e. The molecule has 6 heteroatoms. The average molecular weight is 430 g/mol. The van der Waals surface area contributed by atoms with Crippen molar-refractivity contribution in [1.82, 2.24) is 0 Å². The SMILES string of the molecule is Oc1ccc2cc(-c3cc(F)c(-c4cc5ccc(O)cc5cc4O)cc3F)c(O)cc2c1. The summed E-state index contributed by atoms with van der Waals surface area (Å²) in [5.41, 5.74) is -0.0680. The highest BCUT2D eigenvalue weighted by molar-refractivity contribution is 5.93. The number of phenols is 4. The van der Waals surface area contributed by atoms with Gasteiger partial charge in [-0.3, -0.25) is 0 Å². The number of aromatic hydroxyl groups is 4. The molecule has 158 valence electrons. The number of phenolic OH excluding ortho intramolecular Hbond substituents is 4. The zero-order valence-corrected chi connectivity index (χ0v) is 16.5. The minimum atomic E-state index is -0.778. The third-order valence-electron chi connectivity index (χ3n) is 5.51. The van der Waals surface area contributed by atoms with Crippen LogP contribution in [0.25, 0.3) is 43.8 Å². The molecule has 0 spiro atoms. The lowest BCUT2D eigenvalue weighted by atomic mass is 9.95. The fourth-order valence-corrected chi connectivity index (χ4v) is 3.94. The fraction of sp³-hybridized carbons (Fsp3) is 0. The highest BCUT2D eigenvalue weighted by Crippen LogP contribution is 2.40. The van der Waals surface area contributed by atoms with Crippen LogP contribution >= 0.6 is 0 Å². The van der Waals surface area contributed by atoms with Crippen molar-refractivity contribution in [3.63, 3.8) is 0 Å². The molecule has 0 bridgehead atoms. The van der Waals surface area contributed by atoms with E-state index in [2.05, 4.69) is 0 Å². The Morgan fingerprint density at radius 3 is 1.22 bits per heavy atom. The van der Waals surface area contributed by atoms with Crippen molar-refractivity contribution in [2.75, 3.05) is 0 Å². The highest BCUT2D eigenvalue weighted by Gasteiger charge is 2.18. The third-order valence-corrected chi connectivity index (χ3v) is 5.51. The highest BCUT2D eigenvalue weighted by atomic mass is 19.1. The summed E-state index contributed by atoms with van der Waals surface area (Å²) in [6.07, 6.45) is 0. The molecular formula is C26H16F2O4. The van der Waals surface area contributed by atoms with Gasteiger partial charge < -0.3 is 20.4 Å². The van der Waals surface area contributed by atoms with E-state index in [1.807, 2.05) is 0 Å². The summed E-state index contributed by atoms with van der Waals surface area (Å²) in [5.74, 6) is -2.03. The molecule has 32 heavy (non-hydrogen) atoms. The van der Waals surface area contributed by atoms with E-state index in [-0.39, 0.29) is 45.3 Å². The van der Waals surface area contributed by atoms with Crippen LogP contribution in [0.4, 0.5) is 8.78 Å². The van der Waals surface area contributed by atoms with Crippen molar-refractivity contribution >= 4 is 21.5 Å². The third kappa shape index (κ3) is 3.22. The van der Waals surface area contributed by atoms with Gasteiger partial charge in [0.1, 0.15) is 34.6 Å². The minimum Gasteiger partial charge on any atom is -0.508 e. The van der Waals surface area contributed by atoms with Gasteiger partial charge in [0.2, 0.25) is 0 Å². The molecule has 0 fully saturated rings. The molecule has 0 aliphatic heterocycles. The van der Waals surface area contributed by atoms with Gasteiger partial charge in [-0.15, -0.1) is 0 Å². The standard InChI is InChI=1S/C26H16F2O4/c27-23-12-20(22-8-14-2-4-18(30)6-16(14)10-26(22)32)24(28)11-19(23)21-7-13-1-3-17(29)5-15(13)9-25(21)31/h1-12,29-32H. The zero-order chi connectivity index (χ0) is 22.6. The normalized spacial score (nSPS) is 11.3. The average Bonchev–Trinajstić information content (AvgIpc) is 2.74. The first-order valence-electron chi connectivity index (χ1n) is 9.71. The van der Waals surface area contributed by atoms with Crippen LogP contribution < -0.4 is 0 Å². The van der Waals surface area contributed by atoms with Gasteiger partial charge in [0.15, 0.2) is 0 Å². The zero-order valence-electron chi connectivity index (χ0n) is 16.5. The van der Waals surface area contributed by atoms with E-state index in [9.17, 15) is 20.4 Å². The quantitative estimate of drug-likeness (QED) is 0.260. The lowest BCUT2D eigenvalue weighted by Crippen LogP contribution is -1.93. The number of benzene rings is 5. The van der Waals surface area contributed by atoms with Gasteiger partial charge in [-0.25, -0.2) is 8.78 Å². The maximum atomic E-state index is 15.1. The van der Waals surface area contributed by atoms with Crippen LogP contribution in [-0.2, 0) is 0 Å². The van der Waals surface area contributed by atoms with E-state index < -0.39 is 11.6 Å². The minimum absolute atomic E-state index is 0.0247. The molecule has 4 N–H and O–H groups in total. The summed E-state index contributed by atoms with van der Waals surface area (Å²) >= 11 is 0. The van der Waals surface area contributed by atoms with Crippen LogP contribution in [0.15, 0.2) is 72.8 Å². The first-order chi connectivity index (χ1) is 15.3. The van der Waals surface area contributed by atoms with Gasteiger partial charge in [0.05, 0.1) is 0 Å². The monoisotopic (exact) mass is 430 g/mol. The largest absolute Gasteiger partial charge is 0.508 e.